The minimum absolute atomic E-state index is 0.111. The summed E-state index contributed by atoms with van der Waals surface area (Å²) in [5, 5.41) is 3.08. The van der Waals surface area contributed by atoms with Crippen molar-refractivity contribution in [1.29, 1.82) is 0 Å². The normalized spacial score (nSPS) is 10.3. The standard InChI is InChI=1S/C15H12FN5/c16-12-7-11(9-20-15(12)17)10-4-6-19-14(8-10)21-13-3-1-2-5-18-13/h1-9H,(H2,17,20)(H,18,19,21). The van der Waals surface area contributed by atoms with Crippen LogP contribution in [0.4, 0.5) is 21.8 Å². The zero-order valence-corrected chi connectivity index (χ0v) is 11.0. The van der Waals surface area contributed by atoms with Gasteiger partial charge in [0, 0.05) is 24.2 Å². The van der Waals surface area contributed by atoms with Crippen molar-refractivity contribution in [3.05, 3.63) is 60.8 Å². The van der Waals surface area contributed by atoms with E-state index in [-0.39, 0.29) is 5.82 Å². The van der Waals surface area contributed by atoms with E-state index in [0.717, 1.165) is 5.56 Å². The van der Waals surface area contributed by atoms with E-state index in [1.54, 1.807) is 24.5 Å². The lowest BCUT2D eigenvalue weighted by Gasteiger charge is -2.07. The lowest BCUT2D eigenvalue weighted by molar-refractivity contribution is 0.628. The summed E-state index contributed by atoms with van der Waals surface area (Å²) >= 11 is 0. The highest BCUT2D eigenvalue weighted by atomic mass is 19.1. The monoisotopic (exact) mass is 281 g/mol. The maximum atomic E-state index is 13.5. The average Bonchev–Trinajstić information content (AvgIpc) is 2.51. The number of halogens is 1. The number of hydrogen-bond acceptors (Lipinski definition) is 5. The van der Waals surface area contributed by atoms with Crippen LogP contribution in [0.1, 0.15) is 0 Å². The van der Waals surface area contributed by atoms with Crippen molar-refractivity contribution in [3.63, 3.8) is 0 Å². The maximum Gasteiger partial charge on any atom is 0.165 e. The Balaban J connectivity index is 1.91. The Morgan fingerprint density at radius 3 is 2.52 bits per heavy atom. The van der Waals surface area contributed by atoms with E-state index < -0.39 is 5.82 Å². The van der Waals surface area contributed by atoms with E-state index in [9.17, 15) is 4.39 Å². The maximum absolute atomic E-state index is 13.5. The average molecular weight is 281 g/mol. The summed E-state index contributed by atoms with van der Waals surface area (Å²) in [5.74, 6) is 0.649. The molecule has 21 heavy (non-hydrogen) atoms. The van der Waals surface area contributed by atoms with E-state index in [1.165, 1.54) is 12.3 Å². The van der Waals surface area contributed by atoms with E-state index in [0.29, 0.717) is 17.2 Å². The molecule has 0 aliphatic carbocycles. The SMILES string of the molecule is Nc1ncc(-c2ccnc(Nc3ccccn3)c2)cc1F. The van der Waals surface area contributed by atoms with Crippen LogP contribution < -0.4 is 11.1 Å². The smallest absolute Gasteiger partial charge is 0.165 e. The van der Waals surface area contributed by atoms with Crippen molar-refractivity contribution in [2.45, 2.75) is 0 Å². The van der Waals surface area contributed by atoms with Crippen LogP contribution in [0.3, 0.4) is 0 Å². The number of aromatic nitrogens is 3. The molecule has 5 nitrogen and oxygen atoms in total. The van der Waals surface area contributed by atoms with Gasteiger partial charge in [0.05, 0.1) is 0 Å². The number of nitrogens with zero attached hydrogens (tertiary/aromatic N) is 3. The summed E-state index contributed by atoms with van der Waals surface area (Å²) in [5.41, 5.74) is 6.80. The van der Waals surface area contributed by atoms with Crippen LogP contribution in [0.25, 0.3) is 11.1 Å². The molecule has 0 atom stereocenters. The molecule has 0 aliphatic rings. The quantitative estimate of drug-likeness (QED) is 0.771. The van der Waals surface area contributed by atoms with Gasteiger partial charge in [-0.2, -0.15) is 0 Å². The van der Waals surface area contributed by atoms with E-state index in [2.05, 4.69) is 20.3 Å². The van der Waals surface area contributed by atoms with Gasteiger partial charge in [-0.1, -0.05) is 6.07 Å². The van der Waals surface area contributed by atoms with E-state index >= 15 is 0 Å². The summed E-state index contributed by atoms with van der Waals surface area (Å²) in [7, 11) is 0. The van der Waals surface area contributed by atoms with Crippen molar-refractivity contribution in [3.8, 4) is 11.1 Å². The first-order chi connectivity index (χ1) is 10.2. The molecular formula is C15H12FN5. The van der Waals surface area contributed by atoms with Gasteiger partial charge in [0.1, 0.15) is 11.6 Å². The van der Waals surface area contributed by atoms with Gasteiger partial charge in [-0.25, -0.2) is 19.3 Å². The molecule has 3 aromatic rings. The number of pyridine rings is 3. The molecular weight excluding hydrogens is 269 g/mol. The molecule has 3 aromatic heterocycles. The number of nitrogens with two attached hydrogens (primary N) is 1. The lowest BCUT2D eigenvalue weighted by Crippen LogP contribution is -1.97. The van der Waals surface area contributed by atoms with Crippen LogP contribution in [0, 0.1) is 5.82 Å². The largest absolute Gasteiger partial charge is 0.381 e. The predicted octanol–water partition coefficient (Wildman–Crippen LogP) is 3.00. The van der Waals surface area contributed by atoms with E-state index in [4.69, 9.17) is 5.73 Å². The van der Waals surface area contributed by atoms with Crippen molar-refractivity contribution in [2.75, 3.05) is 11.1 Å². The van der Waals surface area contributed by atoms with Gasteiger partial charge in [0.2, 0.25) is 0 Å². The van der Waals surface area contributed by atoms with Crippen LogP contribution >= 0.6 is 0 Å². The Hall–Kier alpha value is -3.02. The van der Waals surface area contributed by atoms with Crippen LogP contribution in [0.15, 0.2) is 55.0 Å². The molecule has 3 rings (SSSR count). The second-order valence-electron chi connectivity index (χ2n) is 4.36. The minimum atomic E-state index is -0.538. The molecule has 0 aliphatic heterocycles. The Morgan fingerprint density at radius 2 is 1.76 bits per heavy atom. The van der Waals surface area contributed by atoms with Crippen molar-refractivity contribution < 1.29 is 4.39 Å². The van der Waals surface area contributed by atoms with Crippen LogP contribution in [0.2, 0.25) is 0 Å². The summed E-state index contributed by atoms with van der Waals surface area (Å²) in [6.45, 7) is 0. The highest BCUT2D eigenvalue weighted by Gasteiger charge is 2.05. The topological polar surface area (TPSA) is 76.7 Å². The van der Waals surface area contributed by atoms with Gasteiger partial charge >= 0.3 is 0 Å². The minimum Gasteiger partial charge on any atom is -0.381 e. The Kier molecular flexibility index (Phi) is 3.42. The number of nitrogen functional groups attached to an aromatic ring is 1. The van der Waals surface area contributed by atoms with Crippen LogP contribution in [-0.2, 0) is 0 Å². The number of nitrogens with one attached hydrogen (secondary N) is 1. The molecule has 6 heteroatoms. The molecule has 3 heterocycles. The molecule has 0 bridgehead atoms. The summed E-state index contributed by atoms with van der Waals surface area (Å²) in [6.07, 6.45) is 4.85. The highest BCUT2D eigenvalue weighted by molar-refractivity contribution is 5.68. The van der Waals surface area contributed by atoms with Gasteiger partial charge in [-0.3, -0.25) is 0 Å². The van der Waals surface area contributed by atoms with Gasteiger partial charge in [0.25, 0.3) is 0 Å². The van der Waals surface area contributed by atoms with Gasteiger partial charge in [0.15, 0.2) is 11.6 Å². The Morgan fingerprint density at radius 1 is 0.905 bits per heavy atom. The van der Waals surface area contributed by atoms with Crippen molar-refractivity contribution >= 4 is 17.5 Å². The molecule has 0 saturated heterocycles. The molecule has 0 unspecified atom stereocenters. The number of anilines is 3. The fourth-order valence-corrected chi connectivity index (χ4v) is 1.85. The third kappa shape index (κ3) is 2.94. The zero-order chi connectivity index (χ0) is 14.7. The third-order valence-corrected chi connectivity index (χ3v) is 2.88. The second kappa shape index (κ2) is 5.54. The van der Waals surface area contributed by atoms with Gasteiger partial charge in [-0.15, -0.1) is 0 Å². The van der Waals surface area contributed by atoms with Gasteiger partial charge in [-0.05, 0) is 35.9 Å². The Labute approximate surface area is 120 Å². The summed E-state index contributed by atoms with van der Waals surface area (Å²) in [6, 6.07) is 10.5. The third-order valence-electron chi connectivity index (χ3n) is 2.88. The fourth-order valence-electron chi connectivity index (χ4n) is 1.85. The first-order valence-electron chi connectivity index (χ1n) is 6.28. The lowest BCUT2D eigenvalue weighted by atomic mass is 10.1. The molecule has 0 amide bonds. The van der Waals surface area contributed by atoms with Crippen LogP contribution in [0.5, 0.6) is 0 Å². The molecule has 3 N–H and O–H groups in total. The second-order valence-corrected chi connectivity index (χ2v) is 4.36. The summed E-state index contributed by atoms with van der Waals surface area (Å²) in [4.78, 5) is 12.2. The van der Waals surface area contributed by atoms with Crippen molar-refractivity contribution in [2.24, 2.45) is 0 Å². The summed E-state index contributed by atoms with van der Waals surface area (Å²) < 4.78 is 13.5. The van der Waals surface area contributed by atoms with Gasteiger partial charge < -0.3 is 11.1 Å². The molecule has 0 saturated carbocycles. The highest BCUT2D eigenvalue weighted by Crippen LogP contribution is 2.23. The predicted molar refractivity (Wildman–Crippen MR) is 79.4 cm³/mol. The first kappa shape index (κ1) is 13.0. The van der Waals surface area contributed by atoms with E-state index in [1.807, 2.05) is 18.2 Å². The molecule has 0 spiro atoms. The first-order valence-corrected chi connectivity index (χ1v) is 6.28. The Bertz CT molecular complexity index is 761. The fraction of sp³-hybridized carbons (Fsp3) is 0. The number of rotatable bonds is 3. The molecule has 0 radical (unpaired) electrons. The number of hydrogen-bond donors (Lipinski definition) is 2. The molecule has 0 fully saturated rings. The molecule has 0 aromatic carbocycles. The van der Waals surface area contributed by atoms with Crippen LogP contribution in [-0.4, -0.2) is 15.0 Å². The zero-order valence-electron chi connectivity index (χ0n) is 11.0. The molecule has 104 valence electrons. The van der Waals surface area contributed by atoms with Crippen molar-refractivity contribution in [1.82, 2.24) is 15.0 Å².